The highest BCUT2D eigenvalue weighted by atomic mass is 32.1. The third-order valence-corrected chi connectivity index (χ3v) is 5.21. The SMILES string of the molecule is CNCc1c(C)nn(C)c1N1CCc2sccc2C1C. The van der Waals surface area contributed by atoms with Crippen LogP contribution in [0.5, 0.6) is 0 Å². The molecule has 0 aliphatic carbocycles. The van der Waals surface area contributed by atoms with E-state index in [2.05, 4.69) is 47.7 Å². The van der Waals surface area contributed by atoms with E-state index in [0.29, 0.717) is 6.04 Å². The zero-order chi connectivity index (χ0) is 14.3. The number of anilines is 1. The lowest BCUT2D eigenvalue weighted by Gasteiger charge is -2.36. The Labute approximate surface area is 124 Å². The average molecular weight is 290 g/mol. The van der Waals surface area contributed by atoms with Crippen molar-refractivity contribution < 1.29 is 0 Å². The van der Waals surface area contributed by atoms with Gasteiger partial charge < -0.3 is 10.2 Å². The Morgan fingerprint density at radius 2 is 2.30 bits per heavy atom. The van der Waals surface area contributed by atoms with Crippen molar-refractivity contribution in [3.8, 4) is 0 Å². The van der Waals surface area contributed by atoms with Crippen LogP contribution in [0.2, 0.25) is 0 Å². The number of rotatable bonds is 3. The number of nitrogens with zero attached hydrogens (tertiary/aromatic N) is 3. The van der Waals surface area contributed by atoms with Gasteiger partial charge in [0.05, 0.1) is 11.7 Å². The van der Waals surface area contributed by atoms with Crippen molar-refractivity contribution in [3.63, 3.8) is 0 Å². The quantitative estimate of drug-likeness (QED) is 0.943. The molecule has 1 aliphatic rings. The van der Waals surface area contributed by atoms with Crippen LogP contribution in [0.15, 0.2) is 11.4 Å². The van der Waals surface area contributed by atoms with E-state index in [-0.39, 0.29) is 0 Å². The molecule has 0 spiro atoms. The van der Waals surface area contributed by atoms with E-state index >= 15 is 0 Å². The Morgan fingerprint density at radius 3 is 3.05 bits per heavy atom. The van der Waals surface area contributed by atoms with Gasteiger partial charge >= 0.3 is 0 Å². The van der Waals surface area contributed by atoms with Gasteiger partial charge in [-0.15, -0.1) is 11.3 Å². The van der Waals surface area contributed by atoms with E-state index in [1.807, 2.05) is 23.1 Å². The average Bonchev–Trinajstić information content (AvgIpc) is 2.98. The van der Waals surface area contributed by atoms with E-state index in [1.54, 1.807) is 4.88 Å². The van der Waals surface area contributed by atoms with E-state index in [1.165, 1.54) is 16.9 Å². The molecule has 3 rings (SSSR count). The van der Waals surface area contributed by atoms with Gasteiger partial charge in [0.2, 0.25) is 0 Å². The normalized spacial score (nSPS) is 18.4. The van der Waals surface area contributed by atoms with Crippen molar-refractivity contribution >= 4 is 17.2 Å². The summed E-state index contributed by atoms with van der Waals surface area (Å²) < 4.78 is 2.04. The van der Waals surface area contributed by atoms with Gasteiger partial charge in [-0.1, -0.05) is 0 Å². The number of aromatic nitrogens is 2. The highest BCUT2D eigenvalue weighted by Gasteiger charge is 2.29. The molecule has 0 radical (unpaired) electrons. The number of fused-ring (bicyclic) bond motifs is 1. The minimum absolute atomic E-state index is 0.426. The minimum Gasteiger partial charge on any atom is -0.349 e. The summed E-state index contributed by atoms with van der Waals surface area (Å²) in [5.41, 5.74) is 3.93. The first-order valence-electron chi connectivity index (χ1n) is 7.13. The largest absolute Gasteiger partial charge is 0.349 e. The van der Waals surface area contributed by atoms with E-state index in [4.69, 9.17) is 0 Å². The Balaban J connectivity index is 2.02. The lowest BCUT2D eigenvalue weighted by Crippen LogP contribution is -2.35. The van der Waals surface area contributed by atoms with Crippen molar-refractivity contribution in [1.29, 1.82) is 0 Å². The third kappa shape index (κ3) is 2.05. The Bertz CT molecular complexity index is 613. The van der Waals surface area contributed by atoms with Gasteiger partial charge in [-0.05, 0) is 44.3 Å². The molecule has 1 N–H and O–H groups in total. The standard InChI is InChI=1S/C15H22N4S/c1-10-13(9-16-3)15(18(4)17-10)19-7-5-14-12(11(19)2)6-8-20-14/h6,8,11,16H,5,7,9H2,1-4H3. The van der Waals surface area contributed by atoms with E-state index in [9.17, 15) is 0 Å². The summed E-state index contributed by atoms with van der Waals surface area (Å²) in [6, 6.07) is 2.70. The second-order valence-electron chi connectivity index (χ2n) is 5.46. The fraction of sp³-hybridized carbons (Fsp3) is 0.533. The lowest BCUT2D eigenvalue weighted by molar-refractivity contribution is 0.596. The summed E-state index contributed by atoms with van der Waals surface area (Å²) in [6.07, 6.45) is 1.14. The molecule has 0 saturated carbocycles. The van der Waals surface area contributed by atoms with Crippen LogP contribution in [0.3, 0.4) is 0 Å². The van der Waals surface area contributed by atoms with Crippen molar-refractivity contribution in [2.75, 3.05) is 18.5 Å². The fourth-order valence-corrected chi connectivity index (χ4v) is 4.19. The molecule has 1 atom stereocenters. The van der Waals surface area contributed by atoms with Crippen molar-refractivity contribution in [3.05, 3.63) is 33.1 Å². The molecule has 2 aromatic rings. The number of hydrogen-bond donors (Lipinski definition) is 1. The van der Waals surface area contributed by atoms with Crippen molar-refractivity contribution in [1.82, 2.24) is 15.1 Å². The van der Waals surface area contributed by atoms with Gasteiger partial charge in [0.1, 0.15) is 5.82 Å². The Hall–Kier alpha value is -1.33. The molecule has 4 nitrogen and oxygen atoms in total. The van der Waals surface area contributed by atoms with Crippen LogP contribution in [0.4, 0.5) is 5.82 Å². The number of aryl methyl sites for hydroxylation is 2. The maximum Gasteiger partial charge on any atom is 0.131 e. The molecule has 1 unspecified atom stereocenters. The first-order valence-corrected chi connectivity index (χ1v) is 8.01. The monoisotopic (exact) mass is 290 g/mol. The second-order valence-corrected chi connectivity index (χ2v) is 6.46. The highest BCUT2D eigenvalue weighted by Crippen LogP contribution is 2.37. The van der Waals surface area contributed by atoms with Gasteiger partial charge in [-0.2, -0.15) is 5.10 Å². The summed E-state index contributed by atoms with van der Waals surface area (Å²) in [4.78, 5) is 4.05. The highest BCUT2D eigenvalue weighted by molar-refractivity contribution is 7.10. The molecule has 20 heavy (non-hydrogen) atoms. The van der Waals surface area contributed by atoms with E-state index in [0.717, 1.165) is 25.2 Å². The number of thiophene rings is 1. The van der Waals surface area contributed by atoms with Crippen molar-refractivity contribution in [2.45, 2.75) is 32.9 Å². The molecular formula is C15H22N4S. The molecule has 5 heteroatoms. The second kappa shape index (κ2) is 5.22. The molecule has 3 heterocycles. The van der Waals surface area contributed by atoms with Crippen LogP contribution in [-0.4, -0.2) is 23.4 Å². The summed E-state index contributed by atoms with van der Waals surface area (Å²) in [7, 11) is 4.05. The zero-order valence-electron chi connectivity index (χ0n) is 12.6. The zero-order valence-corrected chi connectivity index (χ0v) is 13.4. The van der Waals surface area contributed by atoms with Crippen molar-refractivity contribution in [2.24, 2.45) is 7.05 Å². The lowest BCUT2D eigenvalue weighted by atomic mass is 10.0. The maximum absolute atomic E-state index is 4.62. The molecule has 1 aliphatic heterocycles. The smallest absolute Gasteiger partial charge is 0.131 e. The topological polar surface area (TPSA) is 33.1 Å². The minimum atomic E-state index is 0.426. The van der Waals surface area contributed by atoms with Crippen LogP contribution >= 0.6 is 11.3 Å². The first-order chi connectivity index (χ1) is 9.63. The number of nitrogens with one attached hydrogen (secondary N) is 1. The predicted octanol–water partition coefficient (Wildman–Crippen LogP) is 2.63. The number of hydrogen-bond acceptors (Lipinski definition) is 4. The van der Waals surface area contributed by atoms with E-state index < -0.39 is 0 Å². The summed E-state index contributed by atoms with van der Waals surface area (Å²) in [5.74, 6) is 1.27. The van der Waals surface area contributed by atoms with Gasteiger partial charge in [0, 0.05) is 30.6 Å². The predicted molar refractivity (Wildman–Crippen MR) is 84.5 cm³/mol. The maximum atomic E-state index is 4.62. The van der Waals surface area contributed by atoms with Crippen LogP contribution in [-0.2, 0) is 20.0 Å². The molecule has 0 fully saturated rings. The summed E-state index contributed by atoms with van der Waals surface area (Å²) >= 11 is 1.89. The molecule has 0 amide bonds. The van der Waals surface area contributed by atoms with Gasteiger partial charge in [0.25, 0.3) is 0 Å². The van der Waals surface area contributed by atoms with Crippen LogP contribution in [0, 0.1) is 6.92 Å². The van der Waals surface area contributed by atoms with Gasteiger partial charge in [-0.3, -0.25) is 4.68 Å². The Morgan fingerprint density at radius 1 is 1.50 bits per heavy atom. The summed E-state index contributed by atoms with van der Waals surface area (Å²) in [5, 5.41) is 10.1. The van der Waals surface area contributed by atoms with Gasteiger partial charge in [0.15, 0.2) is 0 Å². The van der Waals surface area contributed by atoms with Gasteiger partial charge in [-0.25, -0.2) is 0 Å². The van der Waals surface area contributed by atoms with Crippen LogP contribution < -0.4 is 10.2 Å². The Kier molecular flexibility index (Phi) is 3.56. The first kappa shape index (κ1) is 13.6. The third-order valence-electron chi connectivity index (χ3n) is 4.22. The fourth-order valence-electron chi connectivity index (χ4n) is 3.23. The summed E-state index contributed by atoms with van der Waals surface area (Å²) in [6.45, 7) is 6.34. The molecule has 108 valence electrons. The molecule has 0 saturated heterocycles. The molecule has 2 aromatic heterocycles. The molecular weight excluding hydrogens is 268 g/mol. The van der Waals surface area contributed by atoms with Crippen LogP contribution in [0.25, 0.3) is 0 Å². The molecule has 0 bridgehead atoms. The van der Waals surface area contributed by atoms with Crippen LogP contribution in [0.1, 0.15) is 34.7 Å². The molecule has 0 aromatic carbocycles.